The number of aliphatic hydroxyl groups excluding tert-OH is 1. The summed E-state index contributed by atoms with van der Waals surface area (Å²) in [5.74, 6) is 1.32. The zero-order valence-electron chi connectivity index (χ0n) is 16.0. The van der Waals surface area contributed by atoms with E-state index in [1.807, 2.05) is 6.92 Å². The smallest absolute Gasteiger partial charge is 0.387 e. The number of nitrogens with zero attached hydrogens (tertiary/aromatic N) is 2. The van der Waals surface area contributed by atoms with Crippen LogP contribution >= 0.6 is 0 Å². The van der Waals surface area contributed by atoms with Gasteiger partial charge in [-0.15, -0.1) is 0 Å². The van der Waals surface area contributed by atoms with Gasteiger partial charge in [0.1, 0.15) is 5.75 Å². The minimum Gasteiger partial charge on any atom is -0.435 e. The highest BCUT2D eigenvalue weighted by Gasteiger charge is 2.17. The Morgan fingerprint density at radius 3 is 2.70 bits per heavy atom. The zero-order chi connectivity index (χ0) is 19.6. The molecule has 152 valence electrons. The highest BCUT2D eigenvalue weighted by atomic mass is 19.3. The standard InChI is InChI=1S/C19H30F2N4O2/c1-3-22-19(23-11-14-5-4-10-25(2)13-14)24-12-17(26)15-6-8-16(9-7-15)27-18(20)21/h6-9,14,17-18,26H,3-5,10-13H2,1-2H3,(H2,22,23,24). The van der Waals surface area contributed by atoms with Gasteiger partial charge < -0.3 is 25.4 Å². The number of nitrogens with one attached hydrogen (secondary N) is 2. The van der Waals surface area contributed by atoms with E-state index in [9.17, 15) is 13.9 Å². The van der Waals surface area contributed by atoms with E-state index in [4.69, 9.17) is 0 Å². The number of halogens is 2. The molecule has 0 aromatic heterocycles. The minimum atomic E-state index is -2.86. The van der Waals surface area contributed by atoms with E-state index >= 15 is 0 Å². The fraction of sp³-hybridized carbons (Fsp3) is 0.632. The number of aliphatic imine (C=N–C) groups is 1. The molecule has 0 amide bonds. The van der Waals surface area contributed by atoms with Gasteiger partial charge in [0.15, 0.2) is 5.96 Å². The van der Waals surface area contributed by atoms with Crippen LogP contribution in [0.25, 0.3) is 0 Å². The molecule has 3 N–H and O–H groups in total. The van der Waals surface area contributed by atoms with Crippen LogP contribution in [0.15, 0.2) is 29.3 Å². The first kappa shape index (κ1) is 21.4. The third kappa shape index (κ3) is 7.68. The van der Waals surface area contributed by atoms with Gasteiger partial charge in [-0.2, -0.15) is 8.78 Å². The largest absolute Gasteiger partial charge is 0.435 e. The van der Waals surface area contributed by atoms with E-state index in [2.05, 4.69) is 32.3 Å². The number of rotatable bonds is 8. The maximum Gasteiger partial charge on any atom is 0.387 e. The molecule has 1 aliphatic heterocycles. The van der Waals surface area contributed by atoms with Crippen LogP contribution in [0.2, 0.25) is 0 Å². The molecular weight excluding hydrogens is 354 g/mol. The van der Waals surface area contributed by atoms with Crippen molar-refractivity contribution < 1.29 is 18.6 Å². The molecule has 1 heterocycles. The molecule has 6 nitrogen and oxygen atoms in total. The van der Waals surface area contributed by atoms with Gasteiger partial charge in [0.2, 0.25) is 0 Å². The summed E-state index contributed by atoms with van der Waals surface area (Å²) in [6.45, 7) is 3.10. The fourth-order valence-electron chi connectivity index (χ4n) is 3.18. The minimum absolute atomic E-state index is 0.0666. The highest BCUT2D eigenvalue weighted by Crippen LogP contribution is 2.19. The lowest BCUT2D eigenvalue weighted by Crippen LogP contribution is -2.43. The molecule has 8 heteroatoms. The van der Waals surface area contributed by atoms with Crippen molar-refractivity contribution in [3.63, 3.8) is 0 Å². The second-order valence-electron chi connectivity index (χ2n) is 6.83. The third-order valence-electron chi connectivity index (χ3n) is 4.54. The molecule has 1 aromatic rings. The van der Waals surface area contributed by atoms with E-state index in [1.54, 1.807) is 12.1 Å². The van der Waals surface area contributed by atoms with E-state index < -0.39 is 12.7 Å². The molecule has 2 unspecified atom stereocenters. The first-order valence-corrected chi connectivity index (χ1v) is 9.41. The molecule has 2 rings (SSSR count). The van der Waals surface area contributed by atoms with Crippen molar-refractivity contribution in [1.82, 2.24) is 15.5 Å². The van der Waals surface area contributed by atoms with Crippen molar-refractivity contribution in [3.05, 3.63) is 29.8 Å². The molecular formula is C19H30F2N4O2. The van der Waals surface area contributed by atoms with Gasteiger partial charge in [0.05, 0.1) is 12.6 Å². The van der Waals surface area contributed by atoms with Crippen LogP contribution in [0.4, 0.5) is 8.78 Å². The van der Waals surface area contributed by atoms with Gasteiger partial charge in [0.25, 0.3) is 0 Å². The van der Waals surface area contributed by atoms with Crippen LogP contribution in [0.3, 0.4) is 0 Å². The average Bonchev–Trinajstić information content (AvgIpc) is 2.64. The quantitative estimate of drug-likeness (QED) is 0.474. The maximum atomic E-state index is 12.2. The number of piperidine rings is 1. The molecule has 0 spiro atoms. The monoisotopic (exact) mass is 384 g/mol. The molecule has 2 atom stereocenters. The van der Waals surface area contributed by atoms with E-state index in [-0.39, 0.29) is 12.3 Å². The number of alkyl halides is 2. The normalized spacial score (nSPS) is 19.8. The summed E-state index contributed by atoms with van der Waals surface area (Å²) in [6.07, 6.45) is 1.59. The second-order valence-corrected chi connectivity index (χ2v) is 6.83. The Morgan fingerprint density at radius 1 is 1.33 bits per heavy atom. The van der Waals surface area contributed by atoms with Gasteiger partial charge >= 0.3 is 6.61 Å². The lowest BCUT2D eigenvalue weighted by molar-refractivity contribution is -0.0498. The Bertz CT molecular complexity index is 584. The van der Waals surface area contributed by atoms with Gasteiger partial charge in [-0.25, -0.2) is 0 Å². The van der Waals surface area contributed by atoms with Crippen LogP contribution in [0.5, 0.6) is 5.75 Å². The van der Waals surface area contributed by atoms with E-state index in [0.717, 1.165) is 26.2 Å². The molecule has 1 aliphatic rings. The summed E-state index contributed by atoms with van der Waals surface area (Å²) in [5.41, 5.74) is 0.602. The lowest BCUT2D eigenvalue weighted by atomic mass is 9.99. The summed E-state index contributed by atoms with van der Waals surface area (Å²) >= 11 is 0. The number of guanidine groups is 1. The summed E-state index contributed by atoms with van der Waals surface area (Å²) in [7, 11) is 2.14. The van der Waals surface area contributed by atoms with Crippen LogP contribution in [-0.2, 0) is 0 Å². The Labute approximate surface area is 159 Å². The summed E-state index contributed by atoms with van der Waals surface area (Å²) in [6, 6.07) is 5.96. The third-order valence-corrected chi connectivity index (χ3v) is 4.54. The van der Waals surface area contributed by atoms with Crippen molar-refractivity contribution in [2.45, 2.75) is 32.5 Å². The number of aliphatic hydroxyl groups is 1. The molecule has 1 saturated heterocycles. The Hall–Kier alpha value is -1.93. The number of hydrogen-bond acceptors (Lipinski definition) is 4. The molecule has 0 radical (unpaired) electrons. The van der Waals surface area contributed by atoms with Gasteiger partial charge in [0, 0.05) is 19.6 Å². The van der Waals surface area contributed by atoms with Gasteiger partial charge in [-0.3, -0.25) is 4.99 Å². The van der Waals surface area contributed by atoms with Crippen molar-refractivity contribution in [2.24, 2.45) is 10.9 Å². The SMILES string of the molecule is CCNC(=NCC(O)c1ccc(OC(F)F)cc1)NCC1CCCN(C)C1. The molecule has 27 heavy (non-hydrogen) atoms. The summed E-state index contributed by atoms with van der Waals surface area (Å²) < 4.78 is 28.7. The average molecular weight is 384 g/mol. The highest BCUT2D eigenvalue weighted by molar-refractivity contribution is 5.79. The topological polar surface area (TPSA) is 69.1 Å². The number of benzene rings is 1. The molecule has 1 aromatic carbocycles. The number of likely N-dealkylation sites (tertiary alicyclic amines) is 1. The van der Waals surface area contributed by atoms with Crippen LogP contribution in [0, 0.1) is 5.92 Å². The van der Waals surface area contributed by atoms with Crippen LogP contribution in [0.1, 0.15) is 31.4 Å². The van der Waals surface area contributed by atoms with Crippen molar-refractivity contribution in [1.29, 1.82) is 0 Å². The number of hydrogen-bond donors (Lipinski definition) is 3. The fourth-order valence-corrected chi connectivity index (χ4v) is 3.18. The molecule has 0 aliphatic carbocycles. The van der Waals surface area contributed by atoms with Gasteiger partial charge in [-0.05, 0) is 57.0 Å². The predicted octanol–water partition coefficient (Wildman–Crippen LogP) is 2.22. The second kappa shape index (κ2) is 11.0. The summed E-state index contributed by atoms with van der Waals surface area (Å²) in [4.78, 5) is 6.78. The van der Waals surface area contributed by atoms with Crippen molar-refractivity contribution in [2.75, 3.05) is 39.8 Å². The Kier molecular flexibility index (Phi) is 8.74. The van der Waals surface area contributed by atoms with Crippen LogP contribution in [-0.4, -0.2) is 62.3 Å². The Morgan fingerprint density at radius 2 is 2.07 bits per heavy atom. The van der Waals surface area contributed by atoms with Gasteiger partial charge in [-0.1, -0.05) is 12.1 Å². The number of ether oxygens (including phenoxy) is 1. The predicted molar refractivity (Wildman–Crippen MR) is 102 cm³/mol. The van der Waals surface area contributed by atoms with E-state index in [0.29, 0.717) is 17.4 Å². The first-order chi connectivity index (χ1) is 13.0. The molecule has 0 bridgehead atoms. The maximum absolute atomic E-state index is 12.2. The van der Waals surface area contributed by atoms with E-state index in [1.165, 1.54) is 25.0 Å². The first-order valence-electron chi connectivity index (χ1n) is 9.41. The summed E-state index contributed by atoms with van der Waals surface area (Å²) in [5, 5.41) is 16.8. The van der Waals surface area contributed by atoms with Crippen LogP contribution < -0.4 is 15.4 Å². The Balaban J connectivity index is 1.86. The zero-order valence-corrected chi connectivity index (χ0v) is 16.0. The lowest BCUT2D eigenvalue weighted by Gasteiger charge is -2.30. The van der Waals surface area contributed by atoms with Crippen molar-refractivity contribution in [3.8, 4) is 5.75 Å². The molecule has 0 saturated carbocycles. The van der Waals surface area contributed by atoms with Crippen molar-refractivity contribution >= 4 is 5.96 Å². The molecule has 1 fully saturated rings.